The first-order valence-electron chi connectivity index (χ1n) is 10.2. The molecule has 1 aliphatic carbocycles. The zero-order valence-corrected chi connectivity index (χ0v) is 21.0. The van der Waals surface area contributed by atoms with Gasteiger partial charge in [0.05, 0.1) is 11.5 Å². The van der Waals surface area contributed by atoms with Crippen LogP contribution in [0.4, 0.5) is 4.79 Å². The molecule has 0 spiro atoms. The molecule has 2 amide bonds. The summed E-state index contributed by atoms with van der Waals surface area (Å²) >= 11 is 0. The molecule has 168 valence electrons. The van der Waals surface area contributed by atoms with Gasteiger partial charge in [-0.2, -0.15) is 0 Å². The van der Waals surface area contributed by atoms with Crippen LogP contribution in [0.3, 0.4) is 0 Å². The third kappa shape index (κ3) is 7.18. The zero-order valence-electron chi connectivity index (χ0n) is 18.7. The quantitative estimate of drug-likeness (QED) is 0.336. The van der Waals surface area contributed by atoms with Gasteiger partial charge in [-0.05, 0) is 40.0 Å². The number of hydrogen-bond donors (Lipinski definition) is 2. The SMILES string of the molecule is CN=C(NCC1(C(=O)N(C)C)CCCC1)N1CCC(NC(=O)OC(C)(C)C)C1.I. The van der Waals surface area contributed by atoms with Crippen molar-refractivity contribution in [2.24, 2.45) is 10.4 Å². The molecule has 1 unspecified atom stereocenters. The first-order valence-corrected chi connectivity index (χ1v) is 10.2. The van der Waals surface area contributed by atoms with E-state index in [1.165, 1.54) is 0 Å². The van der Waals surface area contributed by atoms with Crippen LogP contribution in [0.1, 0.15) is 52.9 Å². The molecule has 2 fully saturated rings. The standard InChI is InChI=1S/C20H37N5O3.HI/c1-19(2,3)28-18(27)23-15-9-12-25(13-15)17(21-4)22-14-20(10-7-8-11-20)16(26)24(5)6;/h15H,7-14H2,1-6H3,(H,21,22)(H,23,27);1H. The minimum atomic E-state index is -0.505. The van der Waals surface area contributed by atoms with Gasteiger partial charge >= 0.3 is 6.09 Å². The van der Waals surface area contributed by atoms with Gasteiger partial charge in [0.1, 0.15) is 5.60 Å². The summed E-state index contributed by atoms with van der Waals surface area (Å²) < 4.78 is 5.34. The van der Waals surface area contributed by atoms with Gasteiger partial charge in [-0.15, -0.1) is 24.0 Å². The lowest BCUT2D eigenvalue weighted by molar-refractivity contribution is -0.138. The molecular formula is C20H38IN5O3. The average Bonchev–Trinajstić information content (AvgIpc) is 3.23. The number of alkyl carbamates (subject to hydrolysis) is 1. The third-order valence-electron chi connectivity index (χ3n) is 5.43. The minimum absolute atomic E-state index is 0. The molecule has 8 nitrogen and oxygen atoms in total. The summed E-state index contributed by atoms with van der Waals surface area (Å²) in [5.74, 6) is 0.977. The Balaban J connectivity index is 0.00000420. The summed E-state index contributed by atoms with van der Waals surface area (Å²) in [6.45, 7) is 7.63. The highest BCUT2D eigenvalue weighted by molar-refractivity contribution is 14.0. The van der Waals surface area contributed by atoms with Gasteiger partial charge < -0.3 is 25.2 Å². The maximum absolute atomic E-state index is 12.7. The summed E-state index contributed by atoms with van der Waals surface area (Å²) in [5, 5.41) is 6.36. The summed E-state index contributed by atoms with van der Waals surface area (Å²) in [6, 6.07) is 0.0252. The summed E-state index contributed by atoms with van der Waals surface area (Å²) in [5.41, 5.74) is -0.845. The van der Waals surface area contributed by atoms with Crippen molar-refractivity contribution in [2.75, 3.05) is 40.8 Å². The Labute approximate surface area is 192 Å². The van der Waals surface area contributed by atoms with E-state index in [9.17, 15) is 9.59 Å². The molecule has 1 aliphatic heterocycles. The number of carbonyl (C=O) groups is 2. The summed E-state index contributed by atoms with van der Waals surface area (Å²) in [6.07, 6.45) is 4.45. The fraction of sp³-hybridized carbons (Fsp3) is 0.850. The zero-order chi connectivity index (χ0) is 20.9. The molecule has 1 heterocycles. The number of nitrogens with one attached hydrogen (secondary N) is 2. The average molecular weight is 523 g/mol. The number of ether oxygens (including phenoxy) is 1. The fourth-order valence-corrected chi connectivity index (χ4v) is 4.12. The number of aliphatic imine (C=N–C) groups is 1. The predicted octanol–water partition coefficient (Wildman–Crippen LogP) is 2.43. The van der Waals surface area contributed by atoms with E-state index in [-0.39, 0.29) is 47.4 Å². The minimum Gasteiger partial charge on any atom is -0.444 e. The summed E-state index contributed by atoms with van der Waals surface area (Å²) in [7, 11) is 5.40. The van der Waals surface area contributed by atoms with E-state index in [0.717, 1.165) is 44.6 Å². The Bertz CT molecular complexity index is 597. The van der Waals surface area contributed by atoms with Gasteiger partial charge in [-0.1, -0.05) is 12.8 Å². The molecule has 1 saturated carbocycles. The van der Waals surface area contributed by atoms with Gasteiger partial charge in [-0.3, -0.25) is 9.79 Å². The Hall–Kier alpha value is -1.26. The van der Waals surface area contributed by atoms with E-state index in [1.807, 2.05) is 34.9 Å². The molecule has 1 atom stereocenters. The van der Waals surface area contributed by atoms with E-state index in [2.05, 4.69) is 20.5 Å². The van der Waals surface area contributed by atoms with Crippen LogP contribution in [-0.2, 0) is 9.53 Å². The molecule has 9 heteroatoms. The number of likely N-dealkylation sites (tertiary alicyclic amines) is 1. The first kappa shape index (κ1) is 25.8. The number of carbonyl (C=O) groups excluding carboxylic acids is 2. The van der Waals surface area contributed by atoms with Crippen LogP contribution < -0.4 is 10.6 Å². The molecule has 2 aliphatic rings. The Morgan fingerprint density at radius 2 is 1.86 bits per heavy atom. The molecule has 0 aromatic rings. The Kier molecular flexibility index (Phi) is 9.49. The monoisotopic (exact) mass is 523 g/mol. The van der Waals surface area contributed by atoms with E-state index < -0.39 is 5.60 Å². The Morgan fingerprint density at radius 3 is 2.38 bits per heavy atom. The molecule has 1 saturated heterocycles. The van der Waals surface area contributed by atoms with Gasteiger partial charge in [0.25, 0.3) is 0 Å². The maximum Gasteiger partial charge on any atom is 0.407 e. The van der Waals surface area contributed by atoms with E-state index in [4.69, 9.17) is 4.74 Å². The second kappa shape index (κ2) is 10.7. The number of amides is 2. The second-order valence-electron chi connectivity index (χ2n) is 9.17. The lowest BCUT2D eigenvalue weighted by atomic mass is 9.84. The predicted molar refractivity (Wildman–Crippen MR) is 126 cm³/mol. The molecular weight excluding hydrogens is 485 g/mol. The summed E-state index contributed by atoms with van der Waals surface area (Å²) in [4.78, 5) is 33.0. The number of rotatable bonds is 4. The molecule has 0 aromatic carbocycles. The number of guanidine groups is 1. The maximum atomic E-state index is 12.7. The van der Waals surface area contributed by atoms with Crippen molar-refractivity contribution in [3.05, 3.63) is 0 Å². The second-order valence-corrected chi connectivity index (χ2v) is 9.17. The largest absolute Gasteiger partial charge is 0.444 e. The van der Waals surface area contributed by atoms with Crippen molar-refractivity contribution in [2.45, 2.75) is 64.5 Å². The highest BCUT2D eigenvalue weighted by atomic mass is 127. The highest BCUT2D eigenvalue weighted by Gasteiger charge is 2.42. The van der Waals surface area contributed by atoms with Gasteiger partial charge in [0.2, 0.25) is 5.91 Å². The van der Waals surface area contributed by atoms with Gasteiger partial charge in [0, 0.05) is 40.8 Å². The van der Waals surface area contributed by atoms with Gasteiger partial charge in [-0.25, -0.2) is 4.79 Å². The molecule has 29 heavy (non-hydrogen) atoms. The normalized spacial score (nSPS) is 21.4. The van der Waals surface area contributed by atoms with Crippen molar-refractivity contribution < 1.29 is 14.3 Å². The molecule has 0 bridgehead atoms. The van der Waals surface area contributed by atoms with Crippen molar-refractivity contribution in [1.29, 1.82) is 0 Å². The Morgan fingerprint density at radius 1 is 1.24 bits per heavy atom. The van der Waals surface area contributed by atoms with Crippen LogP contribution in [-0.4, -0.2) is 80.2 Å². The molecule has 2 N–H and O–H groups in total. The smallest absolute Gasteiger partial charge is 0.407 e. The van der Waals surface area contributed by atoms with Crippen LogP contribution in [0.5, 0.6) is 0 Å². The van der Waals surface area contributed by atoms with Crippen molar-refractivity contribution >= 4 is 41.9 Å². The number of nitrogens with zero attached hydrogens (tertiary/aromatic N) is 3. The van der Waals surface area contributed by atoms with E-state index in [0.29, 0.717) is 13.1 Å². The molecule has 2 rings (SSSR count). The van der Waals surface area contributed by atoms with Crippen LogP contribution in [0, 0.1) is 5.41 Å². The van der Waals surface area contributed by atoms with Crippen molar-refractivity contribution in [3.8, 4) is 0 Å². The lowest BCUT2D eigenvalue weighted by Crippen LogP contribution is -2.50. The van der Waals surface area contributed by atoms with Crippen molar-refractivity contribution in [1.82, 2.24) is 20.4 Å². The van der Waals surface area contributed by atoms with Crippen LogP contribution in [0.25, 0.3) is 0 Å². The van der Waals surface area contributed by atoms with Crippen LogP contribution in [0.2, 0.25) is 0 Å². The van der Waals surface area contributed by atoms with E-state index in [1.54, 1.807) is 11.9 Å². The highest BCUT2D eigenvalue weighted by Crippen LogP contribution is 2.39. The van der Waals surface area contributed by atoms with Crippen molar-refractivity contribution in [3.63, 3.8) is 0 Å². The van der Waals surface area contributed by atoms with E-state index >= 15 is 0 Å². The van der Waals surface area contributed by atoms with Gasteiger partial charge in [0.15, 0.2) is 5.96 Å². The lowest BCUT2D eigenvalue weighted by Gasteiger charge is -2.32. The third-order valence-corrected chi connectivity index (χ3v) is 5.43. The molecule has 0 aromatic heterocycles. The van der Waals surface area contributed by atoms with Crippen LogP contribution >= 0.6 is 24.0 Å². The first-order chi connectivity index (χ1) is 13.1. The number of halogens is 1. The fourth-order valence-electron chi connectivity index (χ4n) is 4.12. The van der Waals surface area contributed by atoms with Crippen LogP contribution in [0.15, 0.2) is 4.99 Å². The number of hydrogen-bond acceptors (Lipinski definition) is 4. The molecule has 0 radical (unpaired) electrons. The topological polar surface area (TPSA) is 86.3 Å².